The lowest BCUT2D eigenvalue weighted by molar-refractivity contribution is 0.0485. The van der Waals surface area contributed by atoms with Gasteiger partial charge in [0.2, 0.25) is 5.43 Å². The Hall–Kier alpha value is -5.27. The van der Waals surface area contributed by atoms with Crippen LogP contribution in [0.1, 0.15) is 16.7 Å². The fourth-order valence-electron chi connectivity index (χ4n) is 4.68. The van der Waals surface area contributed by atoms with Crippen LogP contribution in [0.5, 0.6) is 23.0 Å². The third-order valence-electron chi connectivity index (χ3n) is 6.83. The van der Waals surface area contributed by atoms with Crippen molar-refractivity contribution in [3.8, 4) is 23.0 Å². The molecule has 0 saturated carbocycles. The summed E-state index contributed by atoms with van der Waals surface area (Å²) >= 11 is 0. The third-order valence-corrected chi connectivity index (χ3v) is 6.83. The van der Waals surface area contributed by atoms with Crippen molar-refractivity contribution in [2.75, 3.05) is 13.9 Å². The van der Waals surface area contributed by atoms with Crippen molar-refractivity contribution in [2.24, 2.45) is 0 Å². The zero-order chi connectivity index (χ0) is 29.4. The summed E-state index contributed by atoms with van der Waals surface area (Å²) < 4.78 is 35.7. The normalized spacial score (nSPS) is 11.0. The second kappa shape index (κ2) is 13.1. The highest BCUT2D eigenvalue weighted by Crippen LogP contribution is 2.37. The van der Waals surface area contributed by atoms with Gasteiger partial charge in [0.05, 0.1) is 5.39 Å². The van der Waals surface area contributed by atoms with Gasteiger partial charge in [0, 0.05) is 25.3 Å². The molecule has 0 saturated heterocycles. The number of fused-ring (bicyclic) bond motifs is 2. The molecule has 0 fully saturated rings. The molecule has 0 spiro atoms. The fourth-order valence-corrected chi connectivity index (χ4v) is 4.68. The van der Waals surface area contributed by atoms with E-state index in [2.05, 4.69) is 0 Å². The van der Waals surface area contributed by atoms with Crippen LogP contribution in [0.2, 0.25) is 0 Å². The minimum absolute atomic E-state index is 0.0142. The zero-order valence-corrected chi connectivity index (χ0v) is 23.7. The lowest BCUT2D eigenvalue weighted by atomic mass is 10.1. The molecule has 5 aromatic carbocycles. The van der Waals surface area contributed by atoms with Crippen LogP contribution in [-0.2, 0) is 24.6 Å². The summed E-state index contributed by atoms with van der Waals surface area (Å²) in [5.74, 6) is 1.67. The molecule has 0 bridgehead atoms. The average Bonchev–Trinajstić information content (AvgIpc) is 3.05. The predicted octanol–water partition coefficient (Wildman–Crippen LogP) is 7.67. The highest BCUT2D eigenvalue weighted by molar-refractivity contribution is 5.95. The number of hydrogen-bond donors (Lipinski definition) is 0. The summed E-state index contributed by atoms with van der Waals surface area (Å²) in [4.78, 5) is 14.0. The number of methoxy groups -OCH3 is 1. The molecular weight excluding hydrogens is 544 g/mol. The Labute approximate surface area is 248 Å². The van der Waals surface area contributed by atoms with Crippen LogP contribution in [0, 0.1) is 0 Å². The van der Waals surface area contributed by atoms with Gasteiger partial charge in [0.25, 0.3) is 0 Å². The molecule has 0 unspecified atom stereocenters. The molecule has 7 nitrogen and oxygen atoms in total. The molecule has 6 rings (SSSR count). The van der Waals surface area contributed by atoms with E-state index >= 15 is 0 Å². The lowest BCUT2D eigenvalue weighted by Crippen LogP contribution is -2.08. The van der Waals surface area contributed by atoms with Crippen molar-refractivity contribution in [2.45, 2.75) is 19.8 Å². The van der Waals surface area contributed by atoms with Gasteiger partial charge in [0.1, 0.15) is 47.9 Å². The molecule has 0 atom stereocenters. The molecule has 0 N–H and O–H groups in total. The van der Waals surface area contributed by atoms with E-state index in [9.17, 15) is 4.79 Å². The van der Waals surface area contributed by atoms with Crippen LogP contribution in [0.4, 0.5) is 0 Å². The highest BCUT2D eigenvalue weighted by atomic mass is 16.7. The fraction of sp³-hybridized carbons (Fsp3) is 0.139. The Kier molecular flexibility index (Phi) is 8.52. The Balaban J connectivity index is 1.42. The van der Waals surface area contributed by atoms with Crippen molar-refractivity contribution in [3.05, 3.63) is 142 Å². The monoisotopic (exact) mass is 574 g/mol. The number of rotatable bonds is 12. The van der Waals surface area contributed by atoms with E-state index in [1.54, 1.807) is 24.3 Å². The molecule has 0 amide bonds. The van der Waals surface area contributed by atoms with Gasteiger partial charge < -0.3 is 28.1 Å². The molecule has 7 heteroatoms. The molecule has 216 valence electrons. The standard InChI is InChI=1S/C36H30O7/c1-38-24-42-31-19-29-30(20-32(31)40-22-26-13-7-3-8-14-26)43-34-18-28(39-21-25-11-5-2-6-12-25)17-33(35(34)36(29)37)41-23-27-15-9-4-10-16-27/h2-20H,21-24H2,1H3. The van der Waals surface area contributed by atoms with Gasteiger partial charge in [0.15, 0.2) is 18.3 Å². The van der Waals surface area contributed by atoms with Crippen molar-refractivity contribution < 1.29 is 28.1 Å². The Morgan fingerprint density at radius 2 is 1.09 bits per heavy atom. The highest BCUT2D eigenvalue weighted by Gasteiger charge is 2.19. The first-order valence-electron chi connectivity index (χ1n) is 13.9. The summed E-state index contributed by atoms with van der Waals surface area (Å²) in [5, 5.41) is 0.638. The van der Waals surface area contributed by atoms with E-state index in [1.807, 2.05) is 91.0 Å². The van der Waals surface area contributed by atoms with Crippen molar-refractivity contribution >= 4 is 21.9 Å². The maximum Gasteiger partial charge on any atom is 0.204 e. The van der Waals surface area contributed by atoms with Gasteiger partial charge >= 0.3 is 0 Å². The average molecular weight is 575 g/mol. The number of hydrogen-bond acceptors (Lipinski definition) is 7. The minimum atomic E-state index is -0.259. The smallest absolute Gasteiger partial charge is 0.204 e. The van der Waals surface area contributed by atoms with Gasteiger partial charge in [-0.3, -0.25) is 4.79 Å². The van der Waals surface area contributed by atoms with E-state index < -0.39 is 0 Å². The third kappa shape index (κ3) is 6.63. The van der Waals surface area contributed by atoms with Gasteiger partial charge in [-0.1, -0.05) is 91.0 Å². The van der Waals surface area contributed by atoms with Crippen LogP contribution >= 0.6 is 0 Å². The minimum Gasteiger partial charge on any atom is -0.489 e. The molecule has 0 aliphatic carbocycles. The second-order valence-corrected chi connectivity index (χ2v) is 9.89. The Morgan fingerprint density at radius 3 is 1.67 bits per heavy atom. The molecule has 0 aliphatic rings. The van der Waals surface area contributed by atoms with E-state index in [1.165, 1.54) is 7.11 Å². The van der Waals surface area contributed by atoms with Gasteiger partial charge in [-0.15, -0.1) is 0 Å². The van der Waals surface area contributed by atoms with Crippen molar-refractivity contribution in [3.63, 3.8) is 0 Å². The van der Waals surface area contributed by atoms with Crippen LogP contribution in [0.25, 0.3) is 21.9 Å². The molecule has 0 aliphatic heterocycles. The molecule has 43 heavy (non-hydrogen) atoms. The molecule has 1 heterocycles. The Morgan fingerprint density at radius 1 is 0.558 bits per heavy atom. The maximum atomic E-state index is 14.0. The molecule has 0 radical (unpaired) electrons. The zero-order valence-electron chi connectivity index (χ0n) is 23.7. The van der Waals surface area contributed by atoms with Crippen molar-refractivity contribution in [1.82, 2.24) is 0 Å². The summed E-state index contributed by atoms with van der Waals surface area (Å²) in [6, 6.07) is 36.1. The van der Waals surface area contributed by atoms with E-state index in [4.69, 9.17) is 28.1 Å². The Bertz CT molecular complexity index is 1870. The summed E-state index contributed by atoms with van der Waals surface area (Å²) in [6.07, 6.45) is 0. The van der Waals surface area contributed by atoms with Crippen LogP contribution in [0.3, 0.4) is 0 Å². The van der Waals surface area contributed by atoms with E-state index in [0.29, 0.717) is 58.2 Å². The molecule has 1 aromatic heterocycles. The predicted molar refractivity (Wildman–Crippen MR) is 165 cm³/mol. The van der Waals surface area contributed by atoms with Gasteiger partial charge in [-0.2, -0.15) is 0 Å². The van der Waals surface area contributed by atoms with Gasteiger partial charge in [-0.05, 0) is 22.8 Å². The van der Waals surface area contributed by atoms with E-state index in [-0.39, 0.29) is 18.8 Å². The summed E-state index contributed by atoms with van der Waals surface area (Å²) in [6.45, 7) is 0.909. The second-order valence-electron chi connectivity index (χ2n) is 9.89. The van der Waals surface area contributed by atoms with Crippen LogP contribution in [0.15, 0.2) is 124 Å². The number of benzene rings is 5. The first kappa shape index (κ1) is 27.9. The van der Waals surface area contributed by atoms with Crippen LogP contribution < -0.4 is 24.4 Å². The lowest BCUT2D eigenvalue weighted by Gasteiger charge is -2.15. The number of ether oxygens (including phenoxy) is 5. The van der Waals surface area contributed by atoms with Crippen molar-refractivity contribution in [1.29, 1.82) is 0 Å². The first-order chi connectivity index (χ1) is 21.2. The summed E-state index contributed by atoms with van der Waals surface area (Å²) in [7, 11) is 1.53. The first-order valence-corrected chi connectivity index (χ1v) is 13.9. The topological polar surface area (TPSA) is 76.4 Å². The van der Waals surface area contributed by atoms with Gasteiger partial charge in [-0.25, -0.2) is 0 Å². The molecular formula is C36H30O7. The maximum absolute atomic E-state index is 14.0. The van der Waals surface area contributed by atoms with E-state index in [0.717, 1.165) is 16.7 Å². The van der Waals surface area contributed by atoms with Crippen LogP contribution in [-0.4, -0.2) is 13.9 Å². The largest absolute Gasteiger partial charge is 0.489 e. The molecule has 6 aromatic rings. The summed E-state index contributed by atoms with van der Waals surface area (Å²) in [5.41, 5.74) is 3.39. The SMILES string of the molecule is COCOc1cc2c(=O)c3c(OCc4ccccc4)cc(OCc4ccccc4)cc3oc2cc1OCc1ccccc1. The quantitative estimate of drug-likeness (QED) is 0.110.